The summed E-state index contributed by atoms with van der Waals surface area (Å²) in [6.07, 6.45) is 0. The van der Waals surface area contributed by atoms with Crippen molar-refractivity contribution in [1.82, 2.24) is 0 Å². The van der Waals surface area contributed by atoms with E-state index in [9.17, 15) is 10.2 Å². The van der Waals surface area contributed by atoms with Gasteiger partial charge >= 0.3 is 0 Å². The second kappa shape index (κ2) is 7.39. The maximum Gasteiger partial charge on any atom is 0.132 e. The van der Waals surface area contributed by atoms with Crippen molar-refractivity contribution in [2.75, 3.05) is 0 Å². The van der Waals surface area contributed by atoms with Gasteiger partial charge in [0.25, 0.3) is 0 Å². The lowest BCUT2D eigenvalue weighted by molar-refractivity contribution is 0.105. The molecule has 0 aliphatic heterocycles. The number of rotatable bonds is 5. The predicted molar refractivity (Wildman–Crippen MR) is 95.2 cm³/mol. The average molecular weight is 341 g/mol. The van der Waals surface area contributed by atoms with Gasteiger partial charge in [-0.05, 0) is 35.4 Å². The van der Waals surface area contributed by atoms with Gasteiger partial charge in [0.15, 0.2) is 0 Å². The normalized spacial score (nSPS) is 10.7. The summed E-state index contributed by atoms with van der Waals surface area (Å²) >= 11 is 6.00. The zero-order valence-corrected chi connectivity index (χ0v) is 13.7. The molecule has 4 heteroatoms. The van der Waals surface area contributed by atoms with Crippen molar-refractivity contribution in [3.63, 3.8) is 0 Å². The number of halogens is 1. The summed E-state index contributed by atoms with van der Waals surface area (Å²) in [4.78, 5) is 0. The zero-order valence-electron chi connectivity index (χ0n) is 12.9. The Morgan fingerprint density at radius 3 is 2.38 bits per heavy atom. The highest BCUT2D eigenvalue weighted by Crippen LogP contribution is 2.40. The lowest BCUT2D eigenvalue weighted by atomic mass is 10.0. The van der Waals surface area contributed by atoms with Gasteiger partial charge in [-0.2, -0.15) is 0 Å². The largest absolute Gasteiger partial charge is 0.507 e. The van der Waals surface area contributed by atoms with Gasteiger partial charge < -0.3 is 14.9 Å². The second-order valence-electron chi connectivity index (χ2n) is 5.46. The summed E-state index contributed by atoms with van der Waals surface area (Å²) < 4.78 is 5.67. The lowest BCUT2D eigenvalue weighted by Gasteiger charge is -2.13. The molecule has 0 radical (unpaired) electrons. The van der Waals surface area contributed by atoms with Crippen LogP contribution in [0.5, 0.6) is 11.5 Å². The van der Waals surface area contributed by atoms with Crippen LogP contribution in [0, 0.1) is 0 Å². The van der Waals surface area contributed by atoms with Crippen LogP contribution in [0.25, 0.3) is 11.1 Å². The summed E-state index contributed by atoms with van der Waals surface area (Å²) in [6.45, 7) is 0.697. The van der Waals surface area contributed by atoms with Crippen LogP contribution in [-0.4, -0.2) is 10.2 Å². The maximum atomic E-state index is 10.5. The Bertz CT molecular complexity index is 832. The van der Waals surface area contributed by atoms with Crippen molar-refractivity contribution in [1.29, 1.82) is 0 Å². The Morgan fingerprint density at radius 1 is 0.833 bits per heavy atom. The van der Waals surface area contributed by atoms with Crippen molar-refractivity contribution < 1.29 is 14.9 Å². The van der Waals surface area contributed by atoms with Crippen molar-refractivity contribution >= 4 is 11.6 Å². The van der Waals surface area contributed by atoms with Gasteiger partial charge in [-0.1, -0.05) is 54.1 Å². The molecule has 3 aromatic rings. The van der Waals surface area contributed by atoms with Crippen molar-refractivity contribution in [2.45, 2.75) is 13.2 Å². The van der Waals surface area contributed by atoms with Crippen molar-refractivity contribution in [3.8, 4) is 22.6 Å². The number of aromatic hydroxyl groups is 2. The van der Waals surface area contributed by atoms with Crippen LogP contribution in [0.4, 0.5) is 0 Å². The van der Waals surface area contributed by atoms with E-state index < -0.39 is 0 Å². The monoisotopic (exact) mass is 340 g/mol. The van der Waals surface area contributed by atoms with Crippen molar-refractivity contribution in [3.05, 3.63) is 82.9 Å². The third-order valence-electron chi connectivity index (χ3n) is 3.72. The van der Waals surface area contributed by atoms with E-state index in [0.29, 0.717) is 28.3 Å². The maximum absolute atomic E-state index is 10.5. The van der Waals surface area contributed by atoms with E-state index in [1.807, 2.05) is 30.3 Å². The average Bonchev–Trinajstić information content (AvgIpc) is 2.58. The minimum atomic E-state index is 0.00146. The van der Waals surface area contributed by atoms with Crippen LogP contribution in [-0.2, 0) is 18.0 Å². The van der Waals surface area contributed by atoms with Gasteiger partial charge in [-0.15, -0.1) is 0 Å². The first kappa shape index (κ1) is 16.4. The molecule has 0 saturated heterocycles. The van der Waals surface area contributed by atoms with Crippen LogP contribution in [0.2, 0.25) is 5.02 Å². The van der Waals surface area contributed by atoms with E-state index in [-0.39, 0.29) is 18.1 Å². The molecule has 2 N–H and O–H groups in total. The minimum Gasteiger partial charge on any atom is -0.507 e. The fourth-order valence-corrected chi connectivity index (χ4v) is 2.71. The fourth-order valence-electron chi connectivity index (χ4n) is 2.52. The first-order valence-corrected chi connectivity index (χ1v) is 7.94. The second-order valence-corrected chi connectivity index (χ2v) is 5.89. The van der Waals surface area contributed by atoms with E-state index >= 15 is 0 Å². The predicted octanol–water partition coefficient (Wildman–Crippen LogP) is 5.14. The summed E-state index contributed by atoms with van der Waals surface area (Å²) in [6, 6.07) is 20.0. The van der Waals surface area contributed by atoms with E-state index in [0.717, 1.165) is 5.56 Å². The van der Waals surface area contributed by atoms with E-state index in [1.165, 1.54) is 0 Å². The van der Waals surface area contributed by atoms with Crippen LogP contribution >= 0.6 is 11.6 Å². The molecule has 0 aliphatic carbocycles. The molecule has 0 atom stereocenters. The minimum absolute atomic E-state index is 0.00146. The van der Waals surface area contributed by atoms with Crippen molar-refractivity contribution in [2.24, 2.45) is 0 Å². The Kier molecular flexibility index (Phi) is 5.04. The lowest BCUT2D eigenvalue weighted by Crippen LogP contribution is -1.95. The number of hydrogen-bond donors (Lipinski definition) is 2. The quantitative estimate of drug-likeness (QED) is 0.676. The standard InChI is InChI=1S/C20H17ClO3/c21-17-8-4-7-15(11-17)19-18(22)10-9-16(20(19)23)13-24-12-14-5-2-1-3-6-14/h1-11,22-23H,12-13H2. The van der Waals surface area contributed by atoms with E-state index in [2.05, 4.69) is 0 Å². The van der Waals surface area contributed by atoms with Gasteiger partial charge in [-0.25, -0.2) is 0 Å². The topological polar surface area (TPSA) is 49.7 Å². The van der Waals surface area contributed by atoms with Crippen LogP contribution in [0.15, 0.2) is 66.7 Å². The Balaban J connectivity index is 1.81. The van der Waals surface area contributed by atoms with Crippen LogP contribution in [0.3, 0.4) is 0 Å². The molecule has 0 heterocycles. The molecular weight excluding hydrogens is 324 g/mol. The zero-order chi connectivity index (χ0) is 16.9. The number of phenols is 2. The Morgan fingerprint density at radius 2 is 1.62 bits per heavy atom. The molecule has 0 aromatic heterocycles. The highest BCUT2D eigenvalue weighted by molar-refractivity contribution is 6.30. The van der Waals surface area contributed by atoms with Gasteiger partial charge in [-0.3, -0.25) is 0 Å². The first-order valence-electron chi connectivity index (χ1n) is 7.56. The summed E-state index contributed by atoms with van der Waals surface area (Å²) in [5.41, 5.74) is 2.69. The van der Waals surface area contributed by atoms with Gasteiger partial charge in [0.1, 0.15) is 11.5 Å². The highest BCUT2D eigenvalue weighted by atomic mass is 35.5. The van der Waals surface area contributed by atoms with Gasteiger partial charge in [0.2, 0.25) is 0 Å². The molecule has 24 heavy (non-hydrogen) atoms. The third-order valence-corrected chi connectivity index (χ3v) is 3.96. The smallest absolute Gasteiger partial charge is 0.132 e. The summed E-state index contributed by atoms with van der Waals surface area (Å²) in [7, 11) is 0. The molecule has 0 aliphatic rings. The Labute approximate surface area is 145 Å². The molecule has 3 nitrogen and oxygen atoms in total. The first-order chi connectivity index (χ1) is 11.6. The molecule has 3 aromatic carbocycles. The number of benzene rings is 3. The third kappa shape index (κ3) is 3.70. The van der Waals surface area contributed by atoms with E-state index in [1.54, 1.807) is 36.4 Å². The SMILES string of the molecule is Oc1ccc(COCc2ccccc2)c(O)c1-c1cccc(Cl)c1. The summed E-state index contributed by atoms with van der Waals surface area (Å²) in [5.74, 6) is 0.00639. The molecule has 0 spiro atoms. The number of ether oxygens (including phenoxy) is 1. The molecule has 3 rings (SSSR count). The van der Waals surface area contributed by atoms with Crippen LogP contribution in [0.1, 0.15) is 11.1 Å². The molecular formula is C20H17ClO3. The van der Waals surface area contributed by atoms with Gasteiger partial charge in [0, 0.05) is 10.6 Å². The van der Waals surface area contributed by atoms with Gasteiger partial charge in [0.05, 0.1) is 18.8 Å². The molecule has 122 valence electrons. The molecule has 0 amide bonds. The molecule has 0 saturated carbocycles. The Hall–Kier alpha value is -2.49. The molecule has 0 unspecified atom stereocenters. The van der Waals surface area contributed by atoms with Crippen LogP contribution < -0.4 is 0 Å². The van der Waals surface area contributed by atoms with E-state index in [4.69, 9.17) is 16.3 Å². The summed E-state index contributed by atoms with van der Waals surface area (Å²) in [5, 5.41) is 21.2. The molecule has 0 bridgehead atoms. The molecule has 0 fully saturated rings. The number of phenolic OH excluding ortho intramolecular Hbond substituents is 2. The number of hydrogen-bond acceptors (Lipinski definition) is 3. The fraction of sp³-hybridized carbons (Fsp3) is 0.100. The highest BCUT2D eigenvalue weighted by Gasteiger charge is 2.14.